The van der Waals surface area contributed by atoms with Crippen molar-refractivity contribution in [2.45, 2.75) is 26.3 Å². The molecule has 0 radical (unpaired) electrons. The second-order valence-corrected chi connectivity index (χ2v) is 7.57. The van der Waals surface area contributed by atoms with Gasteiger partial charge in [-0.05, 0) is 67.3 Å². The van der Waals surface area contributed by atoms with Crippen LogP contribution in [0.5, 0.6) is 0 Å². The Morgan fingerprint density at radius 1 is 1.03 bits per heavy atom. The highest BCUT2D eigenvalue weighted by Crippen LogP contribution is 2.34. The summed E-state index contributed by atoms with van der Waals surface area (Å²) < 4.78 is 5.64. The molecule has 3 aromatic rings. The molecule has 6 heteroatoms. The molecule has 1 atom stereocenters. The smallest absolute Gasteiger partial charge is 0.313 e. The van der Waals surface area contributed by atoms with E-state index in [-0.39, 0.29) is 12.6 Å². The van der Waals surface area contributed by atoms with E-state index in [2.05, 4.69) is 27.7 Å². The third-order valence-corrected chi connectivity index (χ3v) is 5.60. The van der Waals surface area contributed by atoms with E-state index < -0.39 is 11.8 Å². The van der Waals surface area contributed by atoms with Crippen LogP contribution >= 0.6 is 0 Å². The third-order valence-electron chi connectivity index (χ3n) is 5.60. The first kappa shape index (κ1) is 19.8. The molecule has 2 N–H and O–H groups in total. The number of nitrogens with zero attached hydrogens (tertiary/aromatic N) is 1. The largest absolute Gasteiger partial charge is 0.467 e. The summed E-state index contributed by atoms with van der Waals surface area (Å²) in [5, 5.41) is 5.44. The number of para-hydroxylation sites is 1. The van der Waals surface area contributed by atoms with Crippen LogP contribution in [0.4, 0.5) is 11.4 Å². The molecule has 6 nitrogen and oxygen atoms in total. The SMILES string of the molecule is Cc1ccc(NC(=O)C(=O)NCC(c2ccco2)N2CCc3ccccc32)cc1C. The lowest BCUT2D eigenvalue weighted by Gasteiger charge is -2.29. The summed E-state index contributed by atoms with van der Waals surface area (Å²) in [4.78, 5) is 27.0. The van der Waals surface area contributed by atoms with E-state index >= 15 is 0 Å². The average molecular weight is 403 g/mol. The number of benzene rings is 2. The average Bonchev–Trinajstić information content (AvgIpc) is 3.42. The molecule has 1 aliphatic rings. The van der Waals surface area contributed by atoms with E-state index in [1.807, 2.05) is 50.2 Å². The molecule has 154 valence electrons. The molecule has 0 fully saturated rings. The van der Waals surface area contributed by atoms with Gasteiger partial charge in [0.25, 0.3) is 0 Å². The Bertz CT molecular complexity index is 1060. The number of hydrogen-bond donors (Lipinski definition) is 2. The minimum absolute atomic E-state index is 0.193. The molecule has 0 saturated carbocycles. The summed E-state index contributed by atoms with van der Waals surface area (Å²) in [7, 11) is 0. The molecule has 1 aromatic heterocycles. The number of nitrogens with one attached hydrogen (secondary N) is 2. The molecule has 4 rings (SSSR count). The fourth-order valence-electron chi connectivity index (χ4n) is 3.81. The van der Waals surface area contributed by atoms with Crippen LogP contribution in [-0.2, 0) is 16.0 Å². The fourth-order valence-corrected chi connectivity index (χ4v) is 3.81. The van der Waals surface area contributed by atoms with Crippen molar-refractivity contribution in [3.8, 4) is 0 Å². The van der Waals surface area contributed by atoms with Gasteiger partial charge in [0.15, 0.2) is 0 Å². The monoisotopic (exact) mass is 403 g/mol. The first-order valence-electron chi connectivity index (χ1n) is 10.1. The second-order valence-electron chi connectivity index (χ2n) is 7.57. The number of amides is 2. The number of rotatable bonds is 5. The molecule has 2 heterocycles. The normalized spacial score (nSPS) is 13.6. The predicted octanol–water partition coefficient (Wildman–Crippen LogP) is 3.76. The standard InChI is InChI=1S/C24H25N3O3/c1-16-9-10-19(14-17(16)2)26-24(29)23(28)25-15-21(22-8-5-13-30-22)27-12-11-18-6-3-4-7-20(18)27/h3-10,13-14,21H,11-12,15H2,1-2H3,(H,25,28)(H,26,29). The molecule has 0 spiro atoms. The van der Waals surface area contributed by atoms with Gasteiger partial charge in [-0.3, -0.25) is 9.59 Å². The molecule has 0 aliphatic carbocycles. The summed E-state index contributed by atoms with van der Waals surface area (Å²) in [6.07, 6.45) is 2.56. The summed E-state index contributed by atoms with van der Waals surface area (Å²) in [5.74, 6) is -0.600. The molecule has 1 aliphatic heterocycles. The van der Waals surface area contributed by atoms with Crippen molar-refractivity contribution >= 4 is 23.2 Å². The number of hydrogen-bond acceptors (Lipinski definition) is 4. The lowest BCUT2D eigenvalue weighted by atomic mass is 10.1. The zero-order chi connectivity index (χ0) is 21.1. The Morgan fingerprint density at radius 2 is 1.87 bits per heavy atom. The van der Waals surface area contributed by atoms with Crippen molar-refractivity contribution in [2.24, 2.45) is 0 Å². The Morgan fingerprint density at radius 3 is 2.63 bits per heavy atom. The summed E-state index contributed by atoms with van der Waals surface area (Å²) in [5.41, 5.74) is 5.19. The Labute approximate surface area is 175 Å². The number of furan rings is 1. The van der Waals surface area contributed by atoms with E-state index in [9.17, 15) is 9.59 Å². The first-order chi connectivity index (χ1) is 14.5. The van der Waals surface area contributed by atoms with Crippen LogP contribution in [0, 0.1) is 13.8 Å². The Kier molecular flexibility index (Phi) is 5.57. The maximum Gasteiger partial charge on any atom is 0.313 e. The lowest BCUT2D eigenvalue weighted by molar-refractivity contribution is -0.136. The Hall–Kier alpha value is -3.54. The van der Waals surface area contributed by atoms with Gasteiger partial charge in [-0.2, -0.15) is 0 Å². The van der Waals surface area contributed by atoms with Crippen molar-refractivity contribution in [3.63, 3.8) is 0 Å². The zero-order valence-corrected chi connectivity index (χ0v) is 17.1. The number of carbonyl (C=O) groups is 2. The maximum atomic E-state index is 12.5. The van der Waals surface area contributed by atoms with Crippen LogP contribution in [0.25, 0.3) is 0 Å². The minimum Gasteiger partial charge on any atom is -0.467 e. The number of anilines is 2. The summed E-state index contributed by atoms with van der Waals surface area (Å²) >= 11 is 0. The van der Waals surface area contributed by atoms with Crippen molar-refractivity contribution < 1.29 is 14.0 Å². The van der Waals surface area contributed by atoms with E-state index in [1.54, 1.807) is 12.3 Å². The first-order valence-corrected chi connectivity index (χ1v) is 10.1. The molecule has 30 heavy (non-hydrogen) atoms. The van der Waals surface area contributed by atoms with Gasteiger partial charge in [0.1, 0.15) is 11.8 Å². The lowest BCUT2D eigenvalue weighted by Crippen LogP contribution is -2.41. The third kappa shape index (κ3) is 4.08. The molecule has 2 aromatic carbocycles. The number of aryl methyl sites for hydroxylation is 2. The minimum atomic E-state index is -0.682. The van der Waals surface area contributed by atoms with Crippen molar-refractivity contribution in [1.29, 1.82) is 0 Å². The van der Waals surface area contributed by atoms with Crippen molar-refractivity contribution in [3.05, 3.63) is 83.3 Å². The summed E-state index contributed by atoms with van der Waals surface area (Å²) in [6.45, 7) is 5.06. The summed E-state index contributed by atoms with van der Waals surface area (Å²) in [6, 6.07) is 17.3. The van der Waals surface area contributed by atoms with E-state index in [4.69, 9.17) is 4.42 Å². The quantitative estimate of drug-likeness (QED) is 0.636. The predicted molar refractivity (Wildman–Crippen MR) is 116 cm³/mol. The number of carbonyl (C=O) groups excluding carboxylic acids is 2. The molecular formula is C24H25N3O3. The topological polar surface area (TPSA) is 74.6 Å². The second kappa shape index (κ2) is 8.45. The molecule has 0 bridgehead atoms. The van der Waals surface area contributed by atoms with E-state index in [1.165, 1.54) is 5.56 Å². The van der Waals surface area contributed by atoms with Crippen LogP contribution < -0.4 is 15.5 Å². The van der Waals surface area contributed by atoms with Crippen LogP contribution in [0.3, 0.4) is 0 Å². The van der Waals surface area contributed by atoms with Crippen LogP contribution in [0.2, 0.25) is 0 Å². The maximum absolute atomic E-state index is 12.5. The zero-order valence-electron chi connectivity index (χ0n) is 17.1. The molecule has 2 amide bonds. The highest BCUT2D eigenvalue weighted by atomic mass is 16.3. The van der Waals surface area contributed by atoms with Crippen LogP contribution in [-0.4, -0.2) is 24.9 Å². The van der Waals surface area contributed by atoms with Crippen LogP contribution in [0.1, 0.15) is 28.5 Å². The van der Waals surface area contributed by atoms with Gasteiger partial charge >= 0.3 is 11.8 Å². The van der Waals surface area contributed by atoms with Gasteiger partial charge in [-0.25, -0.2) is 0 Å². The van der Waals surface area contributed by atoms with Gasteiger partial charge in [-0.15, -0.1) is 0 Å². The molecule has 1 unspecified atom stereocenters. The highest BCUT2D eigenvalue weighted by Gasteiger charge is 2.29. The van der Waals surface area contributed by atoms with E-state index in [0.717, 1.165) is 35.5 Å². The van der Waals surface area contributed by atoms with Gasteiger partial charge in [0.2, 0.25) is 0 Å². The van der Waals surface area contributed by atoms with Crippen LogP contribution in [0.15, 0.2) is 65.3 Å². The van der Waals surface area contributed by atoms with Gasteiger partial charge < -0.3 is 20.0 Å². The van der Waals surface area contributed by atoms with Crippen molar-refractivity contribution in [1.82, 2.24) is 5.32 Å². The van der Waals surface area contributed by atoms with Gasteiger partial charge in [0, 0.05) is 24.5 Å². The van der Waals surface area contributed by atoms with Gasteiger partial charge in [-0.1, -0.05) is 24.3 Å². The van der Waals surface area contributed by atoms with Gasteiger partial charge in [0.05, 0.1) is 6.26 Å². The Balaban J connectivity index is 1.44. The molecular weight excluding hydrogens is 378 g/mol. The van der Waals surface area contributed by atoms with E-state index in [0.29, 0.717) is 5.69 Å². The molecule has 0 saturated heterocycles. The fraction of sp³-hybridized carbons (Fsp3) is 0.250. The number of fused-ring (bicyclic) bond motifs is 1. The van der Waals surface area contributed by atoms with Crippen molar-refractivity contribution in [2.75, 3.05) is 23.3 Å². The highest BCUT2D eigenvalue weighted by molar-refractivity contribution is 6.39.